The molecule has 2 aromatic rings. The molecule has 1 heterocycles. The zero-order valence-corrected chi connectivity index (χ0v) is 13.5. The van der Waals surface area contributed by atoms with E-state index in [1.165, 1.54) is 12.1 Å². The lowest BCUT2D eigenvalue weighted by Gasteiger charge is -2.25. The first-order valence-electron chi connectivity index (χ1n) is 8.07. The van der Waals surface area contributed by atoms with Gasteiger partial charge >= 0.3 is 0 Å². The molecule has 1 aromatic heterocycles. The average Bonchev–Trinajstić information content (AvgIpc) is 3.02. The Morgan fingerprint density at radius 1 is 1.42 bits per heavy atom. The highest BCUT2D eigenvalue weighted by atomic mass is 16.6. The maximum Gasteiger partial charge on any atom is 0.269 e. The molecule has 1 aliphatic carbocycles. The van der Waals surface area contributed by atoms with Gasteiger partial charge in [0.05, 0.1) is 22.7 Å². The van der Waals surface area contributed by atoms with E-state index >= 15 is 0 Å². The fraction of sp³-hybridized carbons (Fsp3) is 0.412. The number of aromatic nitrogens is 2. The molecule has 0 bridgehead atoms. The maximum absolute atomic E-state index is 12.5. The number of hydrogen-bond donors (Lipinski definition) is 2. The van der Waals surface area contributed by atoms with Crippen LogP contribution < -0.4 is 5.32 Å². The maximum atomic E-state index is 12.5. The minimum atomic E-state index is -0.419. The van der Waals surface area contributed by atoms with Crippen LogP contribution in [0.2, 0.25) is 0 Å². The van der Waals surface area contributed by atoms with E-state index in [0.29, 0.717) is 18.9 Å². The van der Waals surface area contributed by atoms with E-state index in [2.05, 4.69) is 22.4 Å². The molecule has 0 radical (unpaired) electrons. The SMILES string of the molecule is CC1Cc2cn[nH]c2C(C(=O)NCCc2ccc([N+](=O)[O-])cc2)C1. The van der Waals surface area contributed by atoms with Crippen LogP contribution in [-0.4, -0.2) is 27.6 Å². The Hall–Kier alpha value is -2.70. The van der Waals surface area contributed by atoms with Gasteiger partial charge in [-0.3, -0.25) is 20.0 Å². The van der Waals surface area contributed by atoms with Crippen LogP contribution in [0.3, 0.4) is 0 Å². The smallest absolute Gasteiger partial charge is 0.269 e. The Morgan fingerprint density at radius 2 is 2.17 bits per heavy atom. The summed E-state index contributed by atoms with van der Waals surface area (Å²) in [6.45, 7) is 2.65. The van der Waals surface area contributed by atoms with E-state index in [4.69, 9.17) is 0 Å². The number of carbonyl (C=O) groups excluding carboxylic acids is 1. The largest absolute Gasteiger partial charge is 0.355 e. The molecule has 0 saturated carbocycles. The van der Waals surface area contributed by atoms with Crippen LogP contribution in [0.5, 0.6) is 0 Å². The van der Waals surface area contributed by atoms with Gasteiger partial charge in [-0.1, -0.05) is 19.1 Å². The lowest BCUT2D eigenvalue weighted by Crippen LogP contribution is -2.34. The first-order valence-corrected chi connectivity index (χ1v) is 8.07. The Kier molecular flexibility index (Phi) is 4.59. The standard InChI is InChI=1S/C17H20N4O3/c1-11-8-13-10-19-20-16(13)15(9-11)17(22)18-7-6-12-2-4-14(5-3-12)21(23)24/h2-5,10-11,15H,6-9H2,1H3,(H,18,22)(H,19,20). The second-order valence-corrected chi connectivity index (χ2v) is 6.37. The molecule has 0 fully saturated rings. The fourth-order valence-corrected chi connectivity index (χ4v) is 3.24. The first-order chi connectivity index (χ1) is 11.5. The van der Waals surface area contributed by atoms with Crippen molar-refractivity contribution in [3.8, 4) is 0 Å². The number of nitro groups is 1. The molecule has 0 aliphatic heterocycles. The molecule has 3 rings (SSSR count). The molecule has 1 amide bonds. The number of nitro benzene ring substituents is 1. The van der Waals surface area contributed by atoms with E-state index in [9.17, 15) is 14.9 Å². The molecule has 2 unspecified atom stereocenters. The van der Waals surface area contributed by atoms with Gasteiger partial charge in [0.2, 0.25) is 5.91 Å². The molecule has 0 spiro atoms. The van der Waals surface area contributed by atoms with Gasteiger partial charge < -0.3 is 5.32 Å². The summed E-state index contributed by atoms with van der Waals surface area (Å²) in [6.07, 6.45) is 4.22. The van der Waals surface area contributed by atoms with Crippen molar-refractivity contribution >= 4 is 11.6 Å². The number of aromatic amines is 1. The van der Waals surface area contributed by atoms with Crippen molar-refractivity contribution in [1.82, 2.24) is 15.5 Å². The van der Waals surface area contributed by atoms with Crippen molar-refractivity contribution in [2.24, 2.45) is 5.92 Å². The molecular weight excluding hydrogens is 308 g/mol. The van der Waals surface area contributed by atoms with Crippen molar-refractivity contribution in [1.29, 1.82) is 0 Å². The summed E-state index contributed by atoms with van der Waals surface area (Å²) in [6, 6.07) is 6.41. The monoisotopic (exact) mass is 328 g/mol. The van der Waals surface area contributed by atoms with Gasteiger partial charge in [0, 0.05) is 18.7 Å². The zero-order chi connectivity index (χ0) is 17.1. The van der Waals surface area contributed by atoms with Gasteiger partial charge in [0.15, 0.2) is 0 Å². The van der Waals surface area contributed by atoms with Crippen LogP contribution >= 0.6 is 0 Å². The van der Waals surface area contributed by atoms with Gasteiger partial charge in [-0.05, 0) is 36.3 Å². The Morgan fingerprint density at radius 3 is 2.88 bits per heavy atom. The number of amides is 1. The molecule has 24 heavy (non-hydrogen) atoms. The third-order valence-corrected chi connectivity index (χ3v) is 4.48. The minimum Gasteiger partial charge on any atom is -0.355 e. The molecule has 2 N–H and O–H groups in total. The van der Waals surface area contributed by atoms with Crippen LogP contribution in [0, 0.1) is 16.0 Å². The van der Waals surface area contributed by atoms with Crippen molar-refractivity contribution in [2.75, 3.05) is 6.54 Å². The molecule has 2 atom stereocenters. The lowest BCUT2D eigenvalue weighted by atomic mass is 9.81. The number of benzene rings is 1. The number of nitrogens with one attached hydrogen (secondary N) is 2. The van der Waals surface area contributed by atoms with Crippen LogP contribution in [0.15, 0.2) is 30.5 Å². The van der Waals surface area contributed by atoms with Crippen LogP contribution in [-0.2, 0) is 17.6 Å². The summed E-state index contributed by atoms with van der Waals surface area (Å²) in [5.74, 6) is 0.289. The second-order valence-electron chi connectivity index (χ2n) is 6.37. The molecule has 1 aliphatic rings. The van der Waals surface area contributed by atoms with Gasteiger partial charge in [0.1, 0.15) is 0 Å². The fourth-order valence-electron chi connectivity index (χ4n) is 3.24. The van der Waals surface area contributed by atoms with E-state index in [1.807, 2.05) is 6.20 Å². The number of H-pyrrole nitrogens is 1. The number of carbonyl (C=O) groups is 1. The highest BCUT2D eigenvalue weighted by molar-refractivity contribution is 5.83. The topological polar surface area (TPSA) is 101 Å². The highest BCUT2D eigenvalue weighted by Gasteiger charge is 2.31. The molecule has 0 saturated heterocycles. The minimum absolute atomic E-state index is 0.00830. The number of non-ortho nitro benzene ring substituents is 1. The number of nitrogens with zero attached hydrogens (tertiary/aromatic N) is 2. The summed E-state index contributed by atoms with van der Waals surface area (Å²) in [4.78, 5) is 22.7. The van der Waals surface area contributed by atoms with Crippen molar-refractivity contribution in [2.45, 2.75) is 32.1 Å². The van der Waals surface area contributed by atoms with Crippen LogP contribution in [0.1, 0.15) is 36.1 Å². The summed E-state index contributed by atoms with van der Waals surface area (Å²) < 4.78 is 0. The number of rotatable bonds is 5. The van der Waals surface area contributed by atoms with Crippen molar-refractivity contribution in [3.63, 3.8) is 0 Å². The van der Waals surface area contributed by atoms with E-state index < -0.39 is 4.92 Å². The third-order valence-electron chi connectivity index (χ3n) is 4.48. The van der Waals surface area contributed by atoms with Gasteiger partial charge in [-0.25, -0.2) is 0 Å². The Bertz CT molecular complexity index is 739. The molecule has 7 nitrogen and oxygen atoms in total. The van der Waals surface area contributed by atoms with Crippen molar-refractivity contribution < 1.29 is 9.72 Å². The van der Waals surface area contributed by atoms with Crippen LogP contribution in [0.4, 0.5) is 5.69 Å². The summed E-state index contributed by atoms with van der Waals surface area (Å²) >= 11 is 0. The number of hydrogen-bond acceptors (Lipinski definition) is 4. The normalized spacial score (nSPS) is 19.5. The predicted octanol–water partition coefficient (Wildman–Crippen LogP) is 2.34. The van der Waals surface area contributed by atoms with Gasteiger partial charge in [0.25, 0.3) is 5.69 Å². The van der Waals surface area contributed by atoms with E-state index in [-0.39, 0.29) is 17.5 Å². The quantitative estimate of drug-likeness (QED) is 0.650. The average molecular weight is 328 g/mol. The lowest BCUT2D eigenvalue weighted by molar-refractivity contribution is -0.384. The first kappa shape index (κ1) is 16.2. The summed E-state index contributed by atoms with van der Waals surface area (Å²) in [5.41, 5.74) is 3.09. The van der Waals surface area contributed by atoms with E-state index in [0.717, 1.165) is 29.7 Å². The van der Waals surface area contributed by atoms with Crippen molar-refractivity contribution in [3.05, 3.63) is 57.4 Å². The molecule has 7 heteroatoms. The van der Waals surface area contributed by atoms with Crippen LogP contribution in [0.25, 0.3) is 0 Å². The number of fused-ring (bicyclic) bond motifs is 1. The Labute approximate surface area is 139 Å². The second kappa shape index (κ2) is 6.82. The molecule has 126 valence electrons. The van der Waals surface area contributed by atoms with E-state index in [1.54, 1.807) is 12.1 Å². The molecule has 1 aromatic carbocycles. The van der Waals surface area contributed by atoms with Gasteiger partial charge in [-0.2, -0.15) is 5.10 Å². The Balaban J connectivity index is 1.56. The zero-order valence-electron chi connectivity index (χ0n) is 13.5. The summed E-state index contributed by atoms with van der Waals surface area (Å²) in [5, 5.41) is 20.6. The third kappa shape index (κ3) is 3.45. The molecular formula is C17H20N4O3. The summed E-state index contributed by atoms with van der Waals surface area (Å²) in [7, 11) is 0. The van der Waals surface area contributed by atoms with Gasteiger partial charge in [-0.15, -0.1) is 0 Å². The highest BCUT2D eigenvalue weighted by Crippen LogP contribution is 2.33. The predicted molar refractivity (Wildman–Crippen MR) is 88.6 cm³/mol.